The monoisotopic (exact) mass is 191 g/mol. The van der Waals surface area contributed by atoms with Gasteiger partial charge in [0, 0.05) is 0 Å². The zero-order chi connectivity index (χ0) is 11.2. The minimum absolute atomic E-state index is 0.750. The maximum absolute atomic E-state index is 8.35. The molecule has 5 heteroatoms. The maximum Gasteiger partial charge on any atom is 0.231 e. The Kier molecular flexibility index (Phi) is 13.4. The Morgan fingerprint density at radius 3 is 1.64 bits per heavy atom. The minimum Gasteiger partial charge on any atom is -0.265 e. The molecule has 1 aromatic carbocycles. The number of nitrogens with zero attached hydrogens (tertiary/aromatic N) is 1. The van der Waals surface area contributed by atoms with Crippen LogP contribution in [0.2, 0.25) is 0 Å². The zero-order valence-electron chi connectivity index (χ0n) is 7.36. The molecule has 0 amide bonds. The van der Waals surface area contributed by atoms with Crippen LogP contribution in [0.4, 0.5) is 5.69 Å². The van der Waals surface area contributed by atoms with Crippen LogP contribution in [0.25, 0.3) is 0 Å². The van der Waals surface area contributed by atoms with E-state index in [0.717, 1.165) is 17.8 Å². The Labute approximate surface area is 81.1 Å². The number of isocyanates is 2. The summed E-state index contributed by atoms with van der Waals surface area (Å²) in [7, 11) is 0. The summed E-state index contributed by atoms with van der Waals surface area (Å²) >= 11 is 0. The topological polar surface area (TPSA) is 94.2 Å². The summed E-state index contributed by atoms with van der Waals surface area (Å²) in [5, 5.41) is 10.8. The van der Waals surface area contributed by atoms with E-state index < -0.39 is 0 Å². The molecule has 0 saturated carbocycles. The molecule has 72 valence electrons. The summed E-state index contributed by atoms with van der Waals surface area (Å²) in [6.45, 7) is 3.38. The molecule has 5 nitrogen and oxygen atoms in total. The van der Waals surface area contributed by atoms with Gasteiger partial charge in [-0.1, -0.05) is 18.2 Å². The molecule has 14 heavy (non-hydrogen) atoms. The van der Waals surface area contributed by atoms with Crippen molar-refractivity contribution in [2.45, 2.75) is 0 Å². The first-order chi connectivity index (χ1) is 6.76. The highest BCUT2D eigenvalue weighted by molar-refractivity contribution is 5.44. The Hall–Kier alpha value is -2.35. The van der Waals surface area contributed by atoms with Crippen LogP contribution in [0.1, 0.15) is 0 Å². The van der Waals surface area contributed by atoms with Crippen LogP contribution < -0.4 is 0 Å². The first kappa shape index (κ1) is 14.2. The van der Waals surface area contributed by atoms with Gasteiger partial charge in [-0.05, 0) is 18.9 Å². The highest BCUT2D eigenvalue weighted by Crippen LogP contribution is 2.06. The SMILES string of the molecule is C=Nc1ccccc1.N=C=O.N=C=O. The number of carbonyl (C=O) groups excluding carboxylic acids is 2. The summed E-state index contributed by atoms with van der Waals surface area (Å²) in [6, 6.07) is 9.64. The van der Waals surface area contributed by atoms with Gasteiger partial charge >= 0.3 is 0 Å². The van der Waals surface area contributed by atoms with Crippen LogP contribution >= 0.6 is 0 Å². The van der Waals surface area contributed by atoms with Crippen molar-refractivity contribution in [1.82, 2.24) is 0 Å². The van der Waals surface area contributed by atoms with E-state index in [-0.39, 0.29) is 0 Å². The lowest BCUT2D eigenvalue weighted by Crippen LogP contribution is -1.57. The van der Waals surface area contributed by atoms with E-state index in [2.05, 4.69) is 11.7 Å². The molecule has 0 unspecified atom stereocenters. The molecule has 0 bridgehead atoms. The van der Waals surface area contributed by atoms with Gasteiger partial charge in [-0.15, -0.1) is 0 Å². The molecule has 0 saturated heterocycles. The van der Waals surface area contributed by atoms with Crippen molar-refractivity contribution in [3.05, 3.63) is 30.3 Å². The second kappa shape index (κ2) is 13.3. The van der Waals surface area contributed by atoms with E-state index in [1.54, 1.807) is 0 Å². The van der Waals surface area contributed by atoms with Gasteiger partial charge in [0.2, 0.25) is 12.2 Å². The molecule has 0 atom stereocenters. The molecule has 0 radical (unpaired) electrons. The van der Waals surface area contributed by atoms with Gasteiger partial charge in [-0.3, -0.25) is 4.99 Å². The molecule has 2 N–H and O–H groups in total. The third-order valence-electron chi connectivity index (χ3n) is 0.939. The minimum atomic E-state index is 0.750. The second-order valence-electron chi connectivity index (χ2n) is 1.70. The fourth-order valence-electron chi connectivity index (χ4n) is 0.533. The molecule has 0 spiro atoms. The average Bonchev–Trinajstić information content (AvgIpc) is 2.21. The predicted molar refractivity (Wildman–Crippen MR) is 52.5 cm³/mol. The molecule has 1 rings (SSSR count). The largest absolute Gasteiger partial charge is 0.265 e. The number of nitrogens with one attached hydrogen (secondary N) is 2. The number of hydrogen-bond donors (Lipinski definition) is 2. The number of para-hydroxylation sites is 1. The quantitative estimate of drug-likeness (QED) is 0.523. The van der Waals surface area contributed by atoms with Crippen molar-refractivity contribution in [3.8, 4) is 0 Å². The number of hydrogen-bond acceptors (Lipinski definition) is 5. The smallest absolute Gasteiger partial charge is 0.231 e. The number of benzene rings is 1. The zero-order valence-corrected chi connectivity index (χ0v) is 7.36. The fraction of sp³-hybridized carbons (Fsp3) is 0. The van der Waals surface area contributed by atoms with E-state index in [0.29, 0.717) is 0 Å². The van der Waals surface area contributed by atoms with Crippen molar-refractivity contribution in [3.63, 3.8) is 0 Å². The lowest BCUT2D eigenvalue weighted by molar-refractivity contribution is 0.562. The van der Waals surface area contributed by atoms with Crippen LogP contribution in [-0.4, -0.2) is 18.9 Å². The third kappa shape index (κ3) is 12.3. The van der Waals surface area contributed by atoms with Crippen LogP contribution in [0.15, 0.2) is 35.3 Å². The normalized spacial score (nSPS) is 6.00. The number of rotatable bonds is 1. The van der Waals surface area contributed by atoms with Crippen LogP contribution in [-0.2, 0) is 9.59 Å². The van der Waals surface area contributed by atoms with Gasteiger partial charge < -0.3 is 0 Å². The van der Waals surface area contributed by atoms with Gasteiger partial charge in [-0.2, -0.15) is 0 Å². The van der Waals surface area contributed by atoms with Crippen molar-refractivity contribution >= 4 is 24.6 Å². The molecule has 0 fully saturated rings. The molecule has 0 heterocycles. The van der Waals surface area contributed by atoms with Gasteiger partial charge in [0.15, 0.2) is 0 Å². The van der Waals surface area contributed by atoms with Crippen molar-refractivity contribution in [2.24, 2.45) is 4.99 Å². The van der Waals surface area contributed by atoms with Crippen LogP contribution in [0.3, 0.4) is 0 Å². The molecular weight excluding hydrogens is 182 g/mol. The lowest BCUT2D eigenvalue weighted by Gasteiger charge is -1.84. The van der Waals surface area contributed by atoms with Crippen molar-refractivity contribution in [1.29, 1.82) is 10.8 Å². The molecule has 0 aromatic heterocycles. The molecular formula is C9H9N3O2. The predicted octanol–water partition coefficient (Wildman–Crippen LogP) is 1.82. The van der Waals surface area contributed by atoms with Gasteiger partial charge in [0.25, 0.3) is 0 Å². The fourth-order valence-corrected chi connectivity index (χ4v) is 0.533. The van der Waals surface area contributed by atoms with E-state index in [1.807, 2.05) is 30.3 Å². The first-order valence-electron chi connectivity index (χ1n) is 3.36. The van der Waals surface area contributed by atoms with E-state index in [4.69, 9.17) is 20.4 Å². The van der Waals surface area contributed by atoms with E-state index in [9.17, 15) is 0 Å². The Balaban J connectivity index is 0. The number of aliphatic imine (C=N–C) groups is 1. The summed E-state index contributed by atoms with van der Waals surface area (Å²) < 4.78 is 0. The van der Waals surface area contributed by atoms with Gasteiger partial charge in [0.1, 0.15) is 0 Å². The van der Waals surface area contributed by atoms with Crippen LogP contribution in [0.5, 0.6) is 0 Å². The summed E-state index contributed by atoms with van der Waals surface area (Å²) in [4.78, 5) is 20.4. The Bertz CT molecular complexity index is 298. The Morgan fingerprint density at radius 2 is 1.43 bits per heavy atom. The molecule has 1 aromatic rings. The average molecular weight is 191 g/mol. The summed E-state index contributed by atoms with van der Waals surface area (Å²) in [5.74, 6) is 0. The van der Waals surface area contributed by atoms with E-state index in [1.165, 1.54) is 0 Å². The second-order valence-corrected chi connectivity index (χ2v) is 1.70. The standard InChI is InChI=1S/C7H7N.2CHNO/c1-8-7-5-3-2-4-6-7;2*2-1-3/h2-6H,1H2;2*2H. The summed E-state index contributed by atoms with van der Waals surface area (Å²) in [6.07, 6.45) is 1.50. The highest BCUT2D eigenvalue weighted by atomic mass is 16.1. The van der Waals surface area contributed by atoms with Crippen molar-refractivity contribution in [2.75, 3.05) is 0 Å². The highest BCUT2D eigenvalue weighted by Gasteiger charge is 1.76. The first-order valence-corrected chi connectivity index (χ1v) is 3.36. The van der Waals surface area contributed by atoms with Crippen LogP contribution in [0, 0.1) is 10.8 Å². The summed E-state index contributed by atoms with van der Waals surface area (Å²) in [5.41, 5.74) is 0.924. The maximum atomic E-state index is 8.35. The van der Waals surface area contributed by atoms with Crippen molar-refractivity contribution < 1.29 is 9.59 Å². The lowest BCUT2D eigenvalue weighted by atomic mass is 10.3. The van der Waals surface area contributed by atoms with Gasteiger partial charge in [-0.25, -0.2) is 20.4 Å². The third-order valence-corrected chi connectivity index (χ3v) is 0.939. The van der Waals surface area contributed by atoms with Gasteiger partial charge in [0.05, 0.1) is 5.69 Å². The molecule has 0 aliphatic heterocycles. The Morgan fingerprint density at radius 1 is 1.07 bits per heavy atom. The molecule has 0 aliphatic rings. The van der Waals surface area contributed by atoms with E-state index >= 15 is 0 Å². The molecule has 0 aliphatic carbocycles.